The van der Waals surface area contributed by atoms with Crippen LogP contribution < -0.4 is 4.40 Å². The molecule has 0 aliphatic rings. The Morgan fingerprint density at radius 1 is 0.731 bits per heavy atom. The number of pyridine rings is 2. The largest absolute Gasteiger partial charge is 0 e. The number of fused-ring (bicyclic) bond motifs is 4. The summed E-state index contributed by atoms with van der Waals surface area (Å²) in [5, 5.41) is 2.02. The van der Waals surface area contributed by atoms with Gasteiger partial charge in [-0.3, -0.25) is 4.98 Å². The van der Waals surface area contributed by atoms with Gasteiger partial charge in [-0.15, -0.1) is 18.2 Å². The number of para-hydroxylation sites is 2. The van der Waals surface area contributed by atoms with Crippen LogP contribution in [0.15, 0.2) is 126 Å². The van der Waals surface area contributed by atoms with Crippen LogP contribution in [0.3, 0.4) is 0 Å². The molecule has 1 radical (unpaired) electrons. The molecule has 0 aliphatic heterocycles. The quantitative estimate of drug-likeness (QED) is 0.112. The van der Waals surface area contributed by atoms with Crippen LogP contribution in [0, 0.1) is 24.5 Å². The SMILES string of the molecule is Cc1ccc2c(n1)oc1c(-c3nc4ccccc4n3-c3c(C(C)C)cc(-c4ccccc4)cc3C(C)C)[c-]ccc12.[2H]C([2H])(c1cc(-c2[c-]ccc(C(C)(C)C)c2)nc[c]1[Ge]([CH3])([CH3])[CH3])C(C)(C)C.[Ir]. The van der Waals surface area contributed by atoms with Crippen LogP contribution in [0.25, 0.3) is 72.6 Å². The number of aromatic nitrogens is 4. The fourth-order valence-electron chi connectivity index (χ4n) is 8.71. The second-order valence-corrected chi connectivity index (χ2v) is 32.0. The number of hydrogen-bond acceptors (Lipinski definition) is 4. The molecule has 0 unspecified atom stereocenters. The molecule has 5 aromatic carbocycles. The van der Waals surface area contributed by atoms with Crippen molar-refractivity contribution in [2.24, 2.45) is 5.41 Å². The topological polar surface area (TPSA) is 56.7 Å². The molecule has 9 rings (SSSR count). The third-order valence-electron chi connectivity index (χ3n) is 12.1. The summed E-state index contributed by atoms with van der Waals surface area (Å²) >= 11 is -2.29. The first-order valence-corrected chi connectivity index (χ1v) is 30.8. The van der Waals surface area contributed by atoms with Gasteiger partial charge in [0.25, 0.3) is 0 Å². The van der Waals surface area contributed by atoms with Crippen molar-refractivity contribution < 1.29 is 27.3 Å². The van der Waals surface area contributed by atoms with E-state index in [-0.39, 0.29) is 25.5 Å². The van der Waals surface area contributed by atoms with Crippen LogP contribution in [0.1, 0.15) is 112 Å². The standard InChI is InChI=1S/C37H32N3O.C23H34GeN.Ir/c1-22(2)30-20-26(25-12-7-6-8-13-25)21-31(23(3)4)34(30)40-33-17-10-9-16-32(33)39-36(40)29-15-11-14-27-28-19-18-24(5)38-37(28)41-35(27)29;1-22(2,3)15-18-14-21(25-16-20(18)24(7,8)9)17-11-10-12-19(13-17)23(4,5)6;/h6-14,16-23H,1-5H3;10,12-14,16H,15H2,1-9H3;/q2*-1;/i;15D2;. The van der Waals surface area contributed by atoms with Crippen molar-refractivity contribution in [3.8, 4) is 39.5 Å². The average Bonchev–Trinajstić information content (AvgIpc) is 3.86. The van der Waals surface area contributed by atoms with Crippen molar-refractivity contribution in [2.75, 3.05) is 0 Å². The van der Waals surface area contributed by atoms with Crippen LogP contribution in [-0.2, 0) is 31.9 Å². The van der Waals surface area contributed by atoms with Crippen LogP contribution in [0.4, 0.5) is 0 Å². The second-order valence-electron chi connectivity index (χ2n) is 21.4. The van der Waals surface area contributed by atoms with Gasteiger partial charge in [0.15, 0.2) is 0 Å². The maximum Gasteiger partial charge on any atom is 0 e. The van der Waals surface area contributed by atoms with E-state index < -0.39 is 25.1 Å². The molecule has 0 saturated heterocycles. The van der Waals surface area contributed by atoms with Crippen LogP contribution in [-0.4, -0.2) is 32.8 Å². The Morgan fingerprint density at radius 3 is 2.03 bits per heavy atom. The Bertz CT molecular complexity index is 3270. The van der Waals surface area contributed by atoms with Crippen LogP contribution in [0.5, 0.6) is 0 Å². The molecule has 9 aromatic rings. The Morgan fingerprint density at radius 2 is 1.39 bits per heavy atom. The number of hydrogen-bond donors (Lipinski definition) is 0. The second kappa shape index (κ2) is 19.5. The van der Waals surface area contributed by atoms with Crippen LogP contribution >= 0.6 is 0 Å². The van der Waals surface area contributed by atoms with E-state index in [1.54, 1.807) is 0 Å². The van der Waals surface area contributed by atoms with E-state index in [0.29, 0.717) is 17.5 Å². The predicted molar refractivity (Wildman–Crippen MR) is 282 cm³/mol. The van der Waals surface area contributed by atoms with Gasteiger partial charge in [0, 0.05) is 36.9 Å². The molecule has 4 heterocycles. The molecule has 0 fully saturated rings. The molecule has 0 N–H and O–H groups in total. The summed E-state index contributed by atoms with van der Waals surface area (Å²) in [4.78, 5) is 14.7. The minimum atomic E-state index is -2.29. The summed E-state index contributed by atoms with van der Waals surface area (Å²) < 4.78 is 27.7. The minimum absolute atomic E-state index is 0. The zero-order valence-electron chi connectivity index (χ0n) is 43.7. The van der Waals surface area contributed by atoms with Crippen molar-refractivity contribution >= 4 is 50.8 Å². The fourth-order valence-corrected chi connectivity index (χ4v) is 11.6. The van der Waals surface area contributed by atoms with E-state index in [4.69, 9.17) is 17.1 Å². The summed E-state index contributed by atoms with van der Waals surface area (Å²) in [6.07, 6.45) is 0.506. The number of furan rings is 1. The molecule has 0 aliphatic carbocycles. The molecular weight excluding hydrogens is 1060 g/mol. The van der Waals surface area contributed by atoms with Gasteiger partial charge in [0.1, 0.15) is 0 Å². The zero-order valence-corrected chi connectivity index (χ0v) is 46.2. The van der Waals surface area contributed by atoms with Gasteiger partial charge >= 0.3 is 160 Å². The Balaban J connectivity index is 0.000000220. The number of rotatable bonds is 8. The van der Waals surface area contributed by atoms with E-state index >= 15 is 0 Å². The van der Waals surface area contributed by atoms with Gasteiger partial charge in [0.2, 0.25) is 5.71 Å². The summed E-state index contributed by atoms with van der Waals surface area (Å²) in [6.45, 7) is 23.6. The molecular formula is C60H66GeIrN4O-2. The summed E-state index contributed by atoms with van der Waals surface area (Å²) in [6, 6.07) is 46.9. The monoisotopic (exact) mass is 1130 g/mol. The van der Waals surface area contributed by atoms with Crippen LogP contribution in [0.2, 0.25) is 17.3 Å². The third kappa shape index (κ3) is 10.6. The molecule has 5 nitrogen and oxygen atoms in total. The Kier molecular flexibility index (Phi) is 13.6. The number of benzene rings is 5. The van der Waals surface area contributed by atoms with Gasteiger partial charge in [-0.25, -0.2) is 4.98 Å². The van der Waals surface area contributed by atoms with E-state index in [9.17, 15) is 0 Å². The number of nitrogens with zero attached hydrogens (tertiary/aromatic N) is 4. The number of imidazole rings is 1. The first kappa shape index (κ1) is 47.0. The Labute approximate surface area is 418 Å². The predicted octanol–water partition coefficient (Wildman–Crippen LogP) is 16.0. The molecule has 0 atom stereocenters. The van der Waals surface area contributed by atoms with Crippen molar-refractivity contribution in [3.05, 3.63) is 162 Å². The number of aryl methyl sites for hydroxylation is 1. The van der Waals surface area contributed by atoms with E-state index in [2.05, 4.69) is 172 Å². The fraction of sp³-hybridized carbons (Fsp3) is 0.317. The first-order chi connectivity index (χ1) is 32.0. The van der Waals surface area contributed by atoms with Crippen molar-refractivity contribution in [1.82, 2.24) is 19.5 Å². The summed E-state index contributed by atoms with van der Waals surface area (Å²) in [7, 11) is 0. The van der Waals surface area contributed by atoms with Gasteiger partial charge < -0.3 is 8.98 Å². The normalized spacial score (nSPS) is 12.9. The van der Waals surface area contributed by atoms with Gasteiger partial charge in [-0.05, 0) is 77.4 Å². The molecule has 0 spiro atoms. The van der Waals surface area contributed by atoms with Crippen molar-refractivity contribution in [2.45, 2.75) is 117 Å². The smallest absolute Gasteiger partial charge is 0 e. The minimum Gasteiger partial charge on any atom is 0 e. The molecule has 4 aromatic heterocycles. The average molecular weight is 1130 g/mol. The molecule has 7 heteroatoms. The van der Waals surface area contributed by atoms with Crippen molar-refractivity contribution in [1.29, 1.82) is 0 Å². The first-order valence-electron chi connectivity index (χ1n) is 24.4. The Hall–Kier alpha value is -5.14. The molecule has 0 bridgehead atoms. The van der Waals surface area contributed by atoms with Gasteiger partial charge in [-0.2, -0.15) is 0 Å². The molecule has 67 heavy (non-hydrogen) atoms. The molecule has 0 amide bonds. The van der Waals surface area contributed by atoms with E-state index in [1.165, 1.54) is 33.5 Å². The molecule has 347 valence electrons. The summed E-state index contributed by atoms with van der Waals surface area (Å²) in [5.41, 5.74) is 14.7. The maximum absolute atomic E-state index is 8.90. The van der Waals surface area contributed by atoms with Crippen molar-refractivity contribution in [3.63, 3.8) is 0 Å². The zero-order chi connectivity index (χ0) is 49.1. The summed E-state index contributed by atoms with van der Waals surface area (Å²) in [5.74, 6) is 8.29. The van der Waals surface area contributed by atoms with Gasteiger partial charge in [-0.1, -0.05) is 81.1 Å². The third-order valence-corrected chi connectivity index (χ3v) is 16.4. The van der Waals surface area contributed by atoms with Gasteiger partial charge in [0.05, 0.1) is 22.4 Å². The van der Waals surface area contributed by atoms with E-state index in [0.717, 1.165) is 65.7 Å². The molecule has 0 saturated carbocycles. The van der Waals surface area contributed by atoms with E-state index in [1.807, 2.05) is 64.2 Å². The maximum atomic E-state index is 8.90.